The minimum Gasteiger partial charge on any atom is -0.484 e. The lowest BCUT2D eigenvalue weighted by Crippen LogP contribution is -2.53. The van der Waals surface area contributed by atoms with E-state index in [-0.39, 0.29) is 18.6 Å². The number of amides is 1. The Morgan fingerprint density at radius 3 is 2.75 bits per heavy atom. The smallest absolute Gasteiger partial charge is 0.260 e. The first kappa shape index (κ1) is 16.3. The molecule has 6 heteroatoms. The largest absolute Gasteiger partial charge is 0.484 e. The van der Waals surface area contributed by atoms with Gasteiger partial charge in [-0.15, -0.1) is 0 Å². The fraction of sp³-hybridized carbons (Fsp3) is 0.333. The van der Waals surface area contributed by atoms with Gasteiger partial charge in [-0.25, -0.2) is 4.98 Å². The van der Waals surface area contributed by atoms with Crippen LogP contribution in [0.5, 0.6) is 17.4 Å². The number of nitrogens with one attached hydrogen (secondary N) is 1. The molecule has 2 heterocycles. The maximum Gasteiger partial charge on any atom is 0.260 e. The molecular formula is C18H21N3O3. The van der Waals surface area contributed by atoms with Crippen molar-refractivity contribution >= 4 is 5.91 Å². The molecule has 1 aromatic heterocycles. The Morgan fingerprint density at radius 2 is 2.04 bits per heavy atom. The summed E-state index contributed by atoms with van der Waals surface area (Å²) in [5, 5.41) is 3.27. The lowest BCUT2D eigenvalue weighted by molar-refractivity contribution is -0.136. The first-order valence-corrected chi connectivity index (χ1v) is 8.04. The van der Waals surface area contributed by atoms with E-state index in [0.29, 0.717) is 17.4 Å². The number of benzene rings is 1. The van der Waals surface area contributed by atoms with Crippen LogP contribution in [0, 0.1) is 0 Å². The Hall–Kier alpha value is -2.60. The van der Waals surface area contributed by atoms with Crippen molar-refractivity contribution in [2.24, 2.45) is 0 Å². The number of carbonyl (C=O) groups is 1. The highest BCUT2D eigenvalue weighted by Crippen LogP contribution is 2.22. The van der Waals surface area contributed by atoms with Crippen LogP contribution in [-0.2, 0) is 4.79 Å². The summed E-state index contributed by atoms with van der Waals surface area (Å²) in [6.45, 7) is 4.46. The molecule has 1 aliphatic rings. The van der Waals surface area contributed by atoms with Crippen LogP contribution in [0.3, 0.4) is 0 Å². The quantitative estimate of drug-likeness (QED) is 0.911. The molecule has 1 fully saturated rings. The second kappa shape index (κ2) is 7.79. The molecule has 0 aliphatic carbocycles. The first-order chi connectivity index (χ1) is 11.7. The van der Waals surface area contributed by atoms with E-state index in [1.54, 1.807) is 36.5 Å². The monoisotopic (exact) mass is 327 g/mol. The highest BCUT2D eigenvalue weighted by Gasteiger charge is 2.23. The van der Waals surface area contributed by atoms with E-state index in [1.807, 2.05) is 24.0 Å². The van der Waals surface area contributed by atoms with Gasteiger partial charge in [-0.2, -0.15) is 0 Å². The second-order valence-electron chi connectivity index (χ2n) is 5.67. The van der Waals surface area contributed by atoms with Crippen LogP contribution < -0.4 is 14.8 Å². The molecule has 6 nitrogen and oxygen atoms in total. The number of piperazine rings is 1. The van der Waals surface area contributed by atoms with Gasteiger partial charge >= 0.3 is 0 Å². The highest BCUT2D eigenvalue weighted by molar-refractivity contribution is 5.78. The molecule has 1 saturated heterocycles. The lowest BCUT2D eigenvalue weighted by atomic mass is 10.2. The third-order valence-corrected chi connectivity index (χ3v) is 3.87. The van der Waals surface area contributed by atoms with Gasteiger partial charge in [-0.05, 0) is 37.3 Å². The van der Waals surface area contributed by atoms with Crippen molar-refractivity contribution < 1.29 is 14.3 Å². The van der Waals surface area contributed by atoms with Crippen LogP contribution in [0.25, 0.3) is 0 Å². The van der Waals surface area contributed by atoms with Gasteiger partial charge in [0.2, 0.25) is 5.88 Å². The summed E-state index contributed by atoms with van der Waals surface area (Å²) < 4.78 is 11.2. The minimum atomic E-state index is 0.0119. The molecule has 2 aromatic rings. The fourth-order valence-electron chi connectivity index (χ4n) is 2.57. The summed E-state index contributed by atoms with van der Waals surface area (Å²) in [6.07, 6.45) is 1.68. The molecule has 0 radical (unpaired) electrons. The summed E-state index contributed by atoms with van der Waals surface area (Å²) in [5.41, 5.74) is 0. The zero-order valence-electron chi connectivity index (χ0n) is 13.6. The molecule has 1 atom stereocenters. The van der Waals surface area contributed by atoms with Gasteiger partial charge in [0.1, 0.15) is 11.5 Å². The van der Waals surface area contributed by atoms with Crippen molar-refractivity contribution in [3.05, 3.63) is 48.7 Å². The van der Waals surface area contributed by atoms with Crippen LogP contribution in [-0.4, -0.2) is 48.1 Å². The molecule has 126 valence electrons. The van der Waals surface area contributed by atoms with Crippen molar-refractivity contribution in [3.63, 3.8) is 0 Å². The Bertz CT molecular complexity index is 661. The highest BCUT2D eigenvalue weighted by atomic mass is 16.5. The van der Waals surface area contributed by atoms with Crippen molar-refractivity contribution in [3.8, 4) is 17.4 Å². The predicted octanol–water partition coefficient (Wildman–Crippen LogP) is 2.07. The molecule has 0 saturated carbocycles. The summed E-state index contributed by atoms with van der Waals surface area (Å²) in [7, 11) is 0. The summed E-state index contributed by atoms with van der Waals surface area (Å²) in [6, 6.07) is 12.8. The summed E-state index contributed by atoms with van der Waals surface area (Å²) in [5.74, 6) is 1.86. The maximum atomic E-state index is 12.2. The van der Waals surface area contributed by atoms with Crippen LogP contribution in [0.1, 0.15) is 6.92 Å². The molecule has 3 rings (SSSR count). The van der Waals surface area contributed by atoms with Gasteiger partial charge in [0.15, 0.2) is 6.61 Å². The molecule has 1 N–H and O–H groups in total. The normalized spacial score (nSPS) is 17.4. The number of nitrogens with zero attached hydrogens (tertiary/aromatic N) is 2. The summed E-state index contributed by atoms with van der Waals surface area (Å²) in [4.78, 5) is 18.2. The van der Waals surface area contributed by atoms with E-state index in [4.69, 9.17) is 9.47 Å². The maximum absolute atomic E-state index is 12.2. The van der Waals surface area contributed by atoms with Gasteiger partial charge in [0.05, 0.1) is 0 Å². The molecule has 1 amide bonds. The Morgan fingerprint density at radius 1 is 1.25 bits per heavy atom. The SMILES string of the molecule is C[C@H]1CNCCN1C(=O)COc1ccc(Oc2ccccn2)cc1. The lowest BCUT2D eigenvalue weighted by Gasteiger charge is -2.33. The number of ether oxygens (including phenoxy) is 2. The van der Waals surface area contributed by atoms with Crippen LogP contribution in [0.2, 0.25) is 0 Å². The number of hydrogen-bond acceptors (Lipinski definition) is 5. The average Bonchev–Trinajstić information content (AvgIpc) is 2.62. The Kier molecular flexibility index (Phi) is 5.28. The van der Waals surface area contributed by atoms with E-state index >= 15 is 0 Å². The molecule has 1 aliphatic heterocycles. The predicted molar refractivity (Wildman–Crippen MR) is 90.3 cm³/mol. The Labute approximate surface area is 141 Å². The fourth-order valence-corrected chi connectivity index (χ4v) is 2.57. The van der Waals surface area contributed by atoms with Gasteiger partial charge < -0.3 is 19.7 Å². The van der Waals surface area contributed by atoms with E-state index < -0.39 is 0 Å². The minimum absolute atomic E-state index is 0.0119. The average molecular weight is 327 g/mol. The zero-order valence-corrected chi connectivity index (χ0v) is 13.6. The van der Waals surface area contributed by atoms with Crippen LogP contribution >= 0.6 is 0 Å². The number of hydrogen-bond donors (Lipinski definition) is 1. The number of pyridine rings is 1. The van der Waals surface area contributed by atoms with E-state index in [2.05, 4.69) is 10.3 Å². The van der Waals surface area contributed by atoms with Gasteiger partial charge in [-0.1, -0.05) is 6.07 Å². The van der Waals surface area contributed by atoms with E-state index in [0.717, 1.165) is 19.6 Å². The molecule has 0 bridgehead atoms. The Balaban J connectivity index is 1.51. The third-order valence-electron chi connectivity index (χ3n) is 3.87. The number of rotatable bonds is 5. The molecule has 24 heavy (non-hydrogen) atoms. The standard InChI is InChI=1S/C18H21N3O3/c1-14-12-19-10-11-21(14)18(22)13-23-15-5-7-16(8-6-15)24-17-4-2-3-9-20-17/h2-9,14,19H,10-13H2,1H3/t14-/m0/s1. The number of aromatic nitrogens is 1. The zero-order chi connectivity index (χ0) is 16.8. The third kappa shape index (κ3) is 4.23. The van der Waals surface area contributed by atoms with Gasteiger partial charge in [-0.3, -0.25) is 4.79 Å². The van der Waals surface area contributed by atoms with Crippen molar-refractivity contribution in [1.82, 2.24) is 15.2 Å². The topological polar surface area (TPSA) is 63.7 Å². The van der Waals surface area contributed by atoms with Gasteiger partial charge in [0, 0.05) is 37.9 Å². The first-order valence-electron chi connectivity index (χ1n) is 8.04. The molecule has 0 unspecified atom stereocenters. The van der Waals surface area contributed by atoms with Crippen LogP contribution in [0.15, 0.2) is 48.7 Å². The second-order valence-corrected chi connectivity index (χ2v) is 5.67. The summed E-state index contributed by atoms with van der Waals surface area (Å²) >= 11 is 0. The van der Waals surface area contributed by atoms with E-state index in [1.165, 1.54) is 0 Å². The van der Waals surface area contributed by atoms with Crippen LogP contribution in [0.4, 0.5) is 0 Å². The van der Waals surface area contributed by atoms with Crippen molar-refractivity contribution in [1.29, 1.82) is 0 Å². The van der Waals surface area contributed by atoms with Crippen molar-refractivity contribution in [2.45, 2.75) is 13.0 Å². The molecule has 1 aromatic carbocycles. The molecular weight excluding hydrogens is 306 g/mol. The van der Waals surface area contributed by atoms with E-state index in [9.17, 15) is 4.79 Å². The van der Waals surface area contributed by atoms with Crippen molar-refractivity contribution in [2.75, 3.05) is 26.2 Å². The molecule has 0 spiro atoms. The van der Waals surface area contributed by atoms with Gasteiger partial charge in [0.25, 0.3) is 5.91 Å². The number of carbonyl (C=O) groups excluding carboxylic acids is 1.